The highest BCUT2D eigenvalue weighted by Crippen LogP contribution is 2.31. The predicted octanol–water partition coefficient (Wildman–Crippen LogP) is 19.8. The van der Waals surface area contributed by atoms with Crippen molar-refractivity contribution in [2.45, 2.75) is 228 Å². The molecule has 2 aromatic heterocycles. The first kappa shape index (κ1) is 64.1. The van der Waals surface area contributed by atoms with Crippen molar-refractivity contribution in [3.8, 4) is 0 Å². The Bertz CT molecular complexity index is 1190. The van der Waals surface area contributed by atoms with E-state index in [0.29, 0.717) is 12.8 Å². The third-order valence-electron chi connectivity index (χ3n) is 10.9. The van der Waals surface area contributed by atoms with Crippen LogP contribution in [0.4, 0.5) is 0 Å². The van der Waals surface area contributed by atoms with Crippen molar-refractivity contribution in [1.82, 2.24) is 9.97 Å². The van der Waals surface area contributed by atoms with Gasteiger partial charge in [0.25, 0.3) is 0 Å². The van der Waals surface area contributed by atoms with Gasteiger partial charge in [-0.2, -0.15) is 0 Å². The number of rotatable bonds is 50. The summed E-state index contributed by atoms with van der Waals surface area (Å²) in [7, 11) is 15.7. The molecule has 2 aromatic rings. The van der Waals surface area contributed by atoms with Gasteiger partial charge in [0.2, 0.25) is 0 Å². The molecule has 0 spiro atoms. The number of unbranched alkanes of at least 4 members (excludes halogenated alkanes) is 28. The summed E-state index contributed by atoms with van der Waals surface area (Å²) >= 11 is 0. The van der Waals surface area contributed by atoms with Crippen molar-refractivity contribution in [3.63, 3.8) is 0 Å². The Kier molecular flexibility index (Phi) is 52.8. The monoisotopic (exact) mass is 1060 g/mol. The average molecular weight is 1060 g/mol. The van der Waals surface area contributed by atoms with E-state index in [1.165, 1.54) is 214 Å². The highest BCUT2D eigenvalue weighted by Gasteiger charge is 2.01. The van der Waals surface area contributed by atoms with Crippen LogP contribution in [0.15, 0.2) is 58.8 Å². The number of pyridine rings is 2. The minimum absolute atomic E-state index is 0.333. The number of aliphatic carboxylic acids is 2. The molecule has 0 saturated heterocycles. The maximum atomic E-state index is 10.5. The van der Waals surface area contributed by atoms with Gasteiger partial charge < -0.3 is 10.2 Å². The normalized spacial score (nSPS) is 11.2. The second-order valence-corrected chi connectivity index (χ2v) is 27.3. The van der Waals surface area contributed by atoms with Gasteiger partial charge in [-0.3, -0.25) is 9.59 Å². The fourth-order valence-electron chi connectivity index (χ4n) is 6.99. The lowest BCUT2D eigenvalue weighted by Gasteiger charge is -2.04. The molecule has 0 atom stereocenters. The lowest BCUT2D eigenvalue weighted by atomic mass is 10.1. The minimum Gasteiger partial charge on any atom is -0.481 e. The lowest BCUT2D eigenvalue weighted by molar-refractivity contribution is -0.138. The summed E-state index contributed by atoms with van der Waals surface area (Å²) in [6.07, 6.45) is 46.0. The van der Waals surface area contributed by atoms with Crippen molar-refractivity contribution < 1.29 is 19.8 Å². The molecule has 0 aliphatic carbocycles. The number of carboxylic acids is 2. The Morgan fingerprint density at radius 1 is 0.318 bits per heavy atom. The molecule has 0 amide bonds. The first-order chi connectivity index (χ1) is 32.6. The standard InChI is InChI=1S/C32H62O4S4.C20H28N2S4/c33-31(34)25-19-13-7-1-3-9-15-21-27-37-39-29-23-17-11-5-6-12-18-24-30-40-38-28-22-16-10-4-2-8-14-20-26-32(35)36;1(3-5-11-17-23-25-19-13-7-9-15-21-19)2-4-6-12-18-24-26-20-14-8-10-16-22-20/h1-30H2,(H,33,34)(H,35,36);7-10,13-16H,1-6,11-12,17-18H2. The molecular formula is C52H90N2O4S8. The molecule has 0 radical (unpaired) electrons. The van der Waals surface area contributed by atoms with Crippen LogP contribution in [0.2, 0.25) is 0 Å². The third kappa shape index (κ3) is 51.9. The fourth-order valence-corrected chi connectivity index (χ4v) is 15.6. The molecule has 0 unspecified atom stereocenters. The summed E-state index contributed by atoms with van der Waals surface area (Å²) in [5, 5.41) is 19.5. The number of carboxylic acid groups (broad SMARTS) is 2. The summed E-state index contributed by atoms with van der Waals surface area (Å²) in [5.74, 6) is 6.34. The second-order valence-electron chi connectivity index (χ2n) is 17.0. The van der Waals surface area contributed by atoms with E-state index in [-0.39, 0.29) is 0 Å². The van der Waals surface area contributed by atoms with Crippen molar-refractivity contribution in [2.24, 2.45) is 0 Å². The fraction of sp³-hybridized carbons (Fsp3) is 0.769. The Morgan fingerprint density at radius 3 is 0.773 bits per heavy atom. The third-order valence-corrected chi connectivity index (χ3v) is 20.7. The van der Waals surface area contributed by atoms with Crippen LogP contribution < -0.4 is 0 Å². The molecule has 0 saturated carbocycles. The van der Waals surface area contributed by atoms with Crippen molar-refractivity contribution >= 4 is 98.3 Å². The van der Waals surface area contributed by atoms with E-state index < -0.39 is 11.9 Å². The van der Waals surface area contributed by atoms with E-state index in [2.05, 4.69) is 65.3 Å². The van der Waals surface area contributed by atoms with Gasteiger partial charge in [-0.05, 0) is 97.2 Å². The molecule has 2 rings (SSSR count). The van der Waals surface area contributed by atoms with E-state index in [1.54, 1.807) is 21.6 Å². The van der Waals surface area contributed by atoms with Gasteiger partial charge in [-0.1, -0.05) is 231 Å². The van der Waals surface area contributed by atoms with Crippen molar-refractivity contribution in [1.29, 1.82) is 0 Å². The summed E-state index contributed by atoms with van der Waals surface area (Å²) in [6.45, 7) is 0. The van der Waals surface area contributed by atoms with Crippen molar-refractivity contribution in [2.75, 3.05) is 34.5 Å². The van der Waals surface area contributed by atoms with E-state index in [4.69, 9.17) is 10.2 Å². The van der Waals surface area contributed by atoms with Crippen LogP contribution in [-0.2, 0) is 9.59 Å². The Labute approximate surface area is 436 Å². The maximum Gasteiger partial charge on any atom is 0.303 e. The Hall–Kier alpha value is 0.0400. The number of hydrogen-bond donors (Lipinski definition) is 2. The quantitative estimate of drug-likeness (QED) is 0.0486. The summed E-state index contributed by atoms with van der Waals surface area (Å²) < 4.78 is 0. The van der Waals surface area contributed by atoms with Gasteiger partial charge in [-0.25, -0.2) is 9.97 Å². The van der Waals surface area contributed by atoms with Crippen molar-refractivity contribution in [3.05, 3.63) is 48.8 Å². The smallest absolute Gasteiger partial charge is 0.303 e. The molecule has 0 bridgehead atoms. The molecule has 6 nitrogen and oxygen atoms in total. The van der Waals surface area contributed by atoms with Gasteiger partial charge >= 0.3 is 11.9 Å². The molecule has 14 heteroatoms. The topological polar surface area (TPSA) is 100 Å². The van der Waals surface area contributed by atoms with Gasteiger partial charge in [0.05, 0.1) is 0 Å². The summed E-state index contributed by atoms with van der Waals surface area (Å²) in [5.41, 5.74) is 0. The van der Waals surface area contributed by atoms with E-state index >= 15 is 0 Å². The zero-order valence-corrected chi connectivity index (χ0v) is 47.3. The van der Waals surface area contributed by atoms with Crippen LogP contribution in [0.1, 0.15) is 218 Å². The summed E-state index contributed by atoms with van der Waals surface area (Å²) in [6, 6.07) is 12.2. The van der Waals surface area contributed by atoms with Gasteiger partial charge in [0.1, 0.15) is 10.1 Å². The predicted molar refractivity (Wildman–Crippen MR) is 307 cm³/mol. The SMILES string of the molecule is O=C(O)CCCCCCCCCCSSCCCCCCCCCCSSCCCCCCCCCCC(=O)O.c1ccc(SSCCCCCCCCCCSSc2ccccn2)nc1. The van der Waals surface area contributed by atoms with Crippen LogP contribution in [-0.4, -0.2) is 66.6 Å². The summed E-state index contributed by atoms with van der Waals surface area (Å²) in [4.78, 5) is 29.6. The minimum atomic E-state index is -0.660. The van der Waals surface area contributed by atoms with E-state index in [0.717, 1.165) is 35.7 Å². The van der Waals surface area contributed by atoms with Crippen LogP contribution in [0.25, 0.3) is 0 Å². The highest BCUT2D eigenvalue weighted by molar-refractivity contribution is 8.77. The first-order valence-corrected chi connectivity index (χ1v) is 35.5. The molecule has 0 fully saturated rings. The zero-order chi connectivity index (χ0) is 47.3. The van der Waals surface area contributed by atoms with E-state index in [9.17, 15) is 9.59 Å². The number of hydrogen-bond acceptors (Lipinski definition) is 12. The Morgan fingerprint density at radius 2 is 0.545 bits per heavy atom. The number of nitrogens with zero attached hydrogens (tertiary/aromatic N) is 2. The molecule has 66 heavy (non-hydrogen) atoms. The molecule has 2 heterocycles. The molecule has 380 valence electrons. The molecule has 0 aliphatic rings. The average Bonchev–Trinajstić information content (AvgIpc) is 3.32. The van der Waals surface area contributed by atoms with Crippen LogP contribution in [0.5, 0.6) is 0 Å². The largest absolute Gasteiger partial charge is 0.481 e. The molecule has 2 N–H and O–H groups in total. The van der Waals surface area contributed by atoms with Crippen LogP contribution >= 0.6 is 86.4 Å². The highest BCUT2D eigenvalue weighted by atomic mass is 33.1. The first-order valence-electron chi connectivity index (χ1n) is 25.9. The van der Waals surface area contributed by atoms with E-state index in [1.807, 2.05) is 58.2 Å². The second kappa shape index (κ2) is 54.4. The van der Waals surface area contributed by atoms with Crippen LogP contribution in [0.3, 0.4) is 0 Å². The van der Waals surface area contributed by atoms with Gasteiger partial charge in [-0.15, -0.1) is 0 Å². The van der Waals surface area contributed by atoms with Crippen LogP contribution in [0, 0.1) is 0 Å². The molecule has 0 aromatic carbocycles. The van der Waals surface area contributed by atoms with Gasteiger partial charge in [0.15, 0.2) is 0 Å². The molecule has 0 aliphatic heterocycles. The maximum absolute atomic E-state index is 10.5. The number of carbonyl (C=O) groups is 2. The number of aromatic nitrogens is 2. The zero-order valence-electron chi connectivity index (χ0n) is 40.8. The van der Waals surface area contributed by atoms with Gasteiger partial charge in [0, 0.05) is 59.8 Å². The lowest BCUT2D eigenvalue weighted by Crippen LogP contribution is -1.93. The Balaban J connectivity index is 0.000000718. The molecular weight excluding hydrogens is 973 g/mol.